The number of nitrogens with two attached hydrogens (primary N) is 1. The maximum absolute atomic E-state index is 13.1. The highest BCUT2D eigenvalue weighted by atomic mass is 16.2. The van der Waals surface area contributed by atoms with E-state index in [9.17, 15) is 9.59 Å². The Balaban J connectivity index is 1.34. The lowest BCUT2D eigenvalue weighted by Crippen LogP contribution is -2.21. The lowest BCUT2D eigenvalue weighted by atomic mass is 10.0. The molecule has 1 saturated carbocycles. The van der Waals surface area contributed by atoms with Gasteiger partial charge in [0.1, 0.15) is 17.7 Å². The maximum Gasteiger partial charge on any atom is 0.324 e. The number of hydrogen-bond acceptors (Lipinski definition) is 6. The van der Waals surface area contributed by atoms with E-state index in [0.29, 0.717) is 34.1 Å². The van der Waals surface area contributed by atoms with Crippen LogP contribution in [0.3, 0.4) is 0 Å². The van der Waals surface area contributed by atoms with E-state index in [1.165, 1.54) is 10.8 Å². The molecule has 0 atom stereocenters. The summed E-state index contributed by atoms with van der Waals surface area (Å²) >= 11 is 0. The van der Waals surface area contributed by atoms with E-state index in [1.54, 1.807) is 48.3 Å². The van der Waals surface area contributed by atoms with Crippen molar-refractivity contribution < 1.29 is 9.59 Å². The van der Waals surface area contributed by atoms with Crippen LogP contribution in [0.1, 0.15) is 40.4 Å². The number of nitrogen functional groups attached to an aromatic ring is 1. The Morgan fingerprint density at radius 3 is 2.81 bits per heavy atom. The first-order valence-corrected chi connectivity index (χ1v) is 9.84. The number of rotatable bonds is 5. The molecule has 2 amide bonds. The van der Waals surface area contributed by atoms with Crippen LogP contribution in [0.4, 0.5) is 22.1 Å². The van der Waals surface area contributed by atoms with Crippen molar-refractivity contribution in [1.29, 1.82) is 0 Å². The highest BCUT2D eigenvalue weighted by Crippen LogP contribution is 2.39. The fraction of sp³-hybridized carbons (Fsp3) is 0.190. The van der Waals surface area contributed by atoms with Crippen LogP contribution in [-0.4, -0.2) is 36.2 Å². The number of anilines is 3. The lowest BCUT2D eigenvalue weighted by molar-refractivity contribution is 0.104. The van der Waals surface area contributed by atoms with Gasteiger partial charge in [-0.25, -0.2) is 14.3 Å². The molecular formula is C21H20N8O2. The first kappa shape index (κ1) is 18.8. The molecule has 1 aromatic carbocycles. The van der Waals surface area contributed by atoms with Crippen molar-refractivity contribution in [2.75, 3.05) is 16.4 Å². The zero-order valence-corrected chi connectivity index (χ0v) is 16.7. The van der Waals surface area contributed by atoms with Gasteiger partial charge in [0.15, 0.2) is 11.6 Å². The summed E-state index contributed by atoms with van der Waals surface area (Å²) < 4.78 is 3.16. The van der Waals surface area contributed by atoms with Crippen molar-refractivity contribution in [1.82, 2.24) is 24.4 Å². The Morgan fingerprint density at radius 2 is 2.00 bits per heavy atom. The molecule has 3 heterocycles. The van der Waals surface area contributed by atoms with Gasteiger partial charge in [-0.15, -0.1) is 0 Å². The molecule has 10 nitrogen and oxygen atoms in total. The minimum atomic E-state index is -0.415. The number of nitrogens with zero attached hydrogens (tertiary/aromatic N) is 5. The molecule has 31 heavy (non-hydrogen) atoms. The lowest BCUT2D eigenvalue weighted by Gasteiger charge is -2.09. The molecule has 1 aliphatic carbocycles. The summed E-state index contributed by atoms with van der Waals surface area (Å²) in [5.41, 5.74) is 8.66. The molecule has 0 saturated heterocycles. The molecule has 156 valence electrons. The average Bonchev–Trinajstić information content (AvgIpc) is 3.41. The first-order valence-electron chi connectivity index (χ1n) is 9.84. The molecule has 10 heteroatoms. The summed E-state index contributed by atoms with van der Waals surface area (Å²) in [7, 11) is 1.79. The van der Waals surface area contributed by atoms with Gasteiger partial charge in [0, 0.05) is 36.5 Å². The summed E-state index contributed by atoms with van der Waals surface area (Å²) in [6.07, 6.45) is 5.26. The van der Waals surface area contributed by atoms with Crippen LogP contribution in [0.5, 0.6) is 0 Å². The van der Waals surface area contributed by atoms with E-state index in [2.05, 4.69) is 25.8 Å². The van der Waals surface area contributed by atoms with E-state index in [0.717, 1.165) is 18.5 Å². The van der Waals surface area contributed by atoms with E-state index >= 15 is 0 Å². The Morgan fingerprint density at radius 1 is 1.16 bits per heavy atom. The second-order valence-corrected chi connectivity index (χ2v) is 7.51. The summed E-state index contributed by atoms with van der Waals surface area (Å²) in [6, 6.07) is 9.84. The van der Waals surface area contributed by atoms with Gasteiger partial charge in [-0.3, -0.25) is 14.8 Å². The molecular weight excluding hydrogens is 396 g/mol. The minimum absolute atomic E-state index is 0.221. The number of benzene rings is 1. The van der Waals surface area contributed by atoms with Crippen molar-refractivity contribution in [3.05, 3.63) is 65.7 Å². The molecule has 0 bridgehead atoms. The normalized spacial score (nSPS) is 13.3. The van der Waals surface area contributed by atoms with Gasteiger partial charge in [0.25, 0.3) is 0 Å². The predicted molar refractivity (Wildman–Crippen MR) is 115 cm³/mol. The van der Waals surface area contributed by atoms with Gasteiger partial charge < -0.3 is 11.1 Å². The Labute approximate surface area is 177 Å². The molecule has 1 fully saturated rings. The van der Waals surface area contributed by atoms with Crippen LogP contribution in [-0.2, 0) is 7.05 Å². The van der Waals surface area contributed by atoms with E-state index in [4.69, 9.17) is 5.73 Å². The summed E-state index contributed by atoms with van der Waals surface area (Å²) in [5, 5.41) is 14.1. The molecule has 4 aromatic rings. The molecule has 0 aliphatic heterocycles. The molecule has 1 aliphatic rings. The summed E-state index contributed by atoms with van der Waals surface area (Å²) in [6.45, 7) is 0. The number of hydrogen-bond donors (Lipinski definition) is 3. The number of urea groups is 1. The van der Waals surface area contributed by atoms with Crippen LogP contribution in [0.2, 0.25) is 0 Å². The first-order chi connectivity index (χ1) is 15.0. The average molecular weight is 416 g/mol. The molecule has 5 rings (SSSR count). The van der Waals surface area contributed by atoms with Crippen molar-refractivity contribution in [3.63, 3.8) is 0 Å². The highest BCUT2D eigenvalue weighted by Gasteiger charge is 2.27. The van der Waals surface area contributed by atoms with Crippen LogP contribution < -0.4 is 16.4 Å². The predicted octanol–water partition coefficient (Wildman–Crippen LogP) is 2.80. The third-order valence-corrected chi connectivity index (χ3v) is 5.25. The third kappa shape index (κ3) is 3.59. The van der Waals surface area contributed by atoms with Crippen molar-refractivity contribution in [2.45, 2.75) is 18.8 Å². The number of carbonyl (C=O) groups excluding carboxylic acids is 2. The summed E-state index contributed by atoms with van der Waals surface area (Å²) in [5.74, 6) is 1.09. The number of carbonyl (C=O) groups is 2. The van der Waals surface area contributed by atoms with E-state index in [-0.39, 0.29) is 11.6 Å². The number of fused-ring (bicyclic) bond motifs is 1. The number of aromatic nitrogens is 5. The largest absolute Gasteiger partial charge is 0.382 e. The second-order valence-electron chi connectivity index (χ2n) is 7.51. The summed E-state index contributed by atoms with van der Waals surface area (Å²) in [4.78, 5) is 29.5. The van der Waals surface area contributed by atoms with Gasteiger partial charge in [-0.2, -0.15) is 10.2 Å². The molecule has 0 unspecified atom stereocenters. The van der Waals surface area contributed by atoms with Gasteiger partial charge in [-0.1, -0.05) is 12.1 Å². The van der Waals surface area contributed by atoms with Gasteiger partial charge in [-0.05, 0) is 31.0 Å². The topological polar surface area (TPSA) is 132 Å². The van der Waals surface area contributed by atoms with E-state index in [1.807, 2.05) is 6.07 Å². The third-order valence-electron chi connectivity index (χ3n) is 5.25. The molecule has 0 radical (unpaired) electrons. The van der Waals surface area contributed by atoms with Crippen molar-refractivity contribution in [2.24, 2.45) is 7.05 Å². The Bertz CT molecular complexity index is 1320. The zero-order chi connectivity index (χ0) is 21.5. The number of nitrogens with one attached hydrogen (secondary N) is 2. The number of ketones is 1. The zero-order valence-electron chi connectivity index (χ0n) is 16.7. The molecule has 4 N–H and O–H groups in total. The fourth-order valence-corrected chi connectivity index (χ4v) is 3.52. The second kappa shape index (κ2) is 7.24. The number of amides is 2. The molecule has 0 spiro atoms. The standard InChI is InChI=1S/C21H20N8O2/c1-28-17(10-16(27-28)12-5-6-12)26-21(31)25-14-4-2-3-13(9-14)19(30)15-7-8-29-18(15)20(22)23-11-24-29/h2-4,7-12H,5-6H2,1H3,(H2,22,23,24)(H2,25,26,31). The van der Waals surface area contributed by atoms with Gasteiger partial charge in [0.05, 0.1) is 11.3 Å². The smallest absolute Gasteiger partial charge is 0.324 e. The van der Waals surface area contributed by atoms with Crippen LogP contribution in [0.25, 0.3) is 5.52 Å². The Hall–Kier alpha value is -4.21. The highest BCUT2D eigenvalue weighted by molar-refractivity contribution is 6.15. The van der Waals surface area contributed by atoms with E-state index < -0.39 is 6.03 Å². The van der Waals surface area contributed by atoms with Crippen molar-refractivity contribution in [3.8, 4) is 0 Å². The quantitative estimate of drug-likeness (QED) is 0.429. The molecule has 3 aromatic heterocycles. The maximum atomic E-state index is 13.1. The van der Waals surface area contributed by atoms with Crippen LogP contribution >= 0.6 is 0 Å². The minimum Gasteiger partial charge on any atom is -0.382 e. The Kier molecular flexibility index (Phi) is 4.39. The van der Waals surface area contributed by atoms with Crippen molar-refractivity contribution >= 4 is 34.7 Å². The fourth-order valence-electron chi connectivity index (χ4n) is 3.52. The SMILES string of the molecule is Cn1nc(C2CC2)cc1NC(=O)Nc1cccc(C(=O)c2ccn3ncnc(N)c23)c1. The van der Waals surface area contributed by atoms with Crippen LogP contribution in [0.15, 0.2) is 48.9 Å². The van der Waals surface area contributed by atoms with Gasteiger partial charge in [0.2, 0.25) is 0 Å². The van der Waals surface area contributed by atoms with Crippen LogP contribution in [0, 0.1) is 0 Å². The monoisotopic (exact) mass is 416 g/mol. The van der Waals surface area contributed by atoms with Gasteiger partial charge >= 0.3 is 6.03 Å². The number of aryl methyl sites for hydroxylation is 1.